The second kappa shape index (κ2) is 13.3. The molecule has 6 nitrogen and oxygen atoms in total. The summed E-state index contributed by atoms with van der Waals surface area (Å²) in [5.41, 5.74) is 2.98. The van der Waals surface area contributed by atoms with Crippen LogP contribution in [-0.2, 0) is 11.3 Å². The van der Waals surface area contributed by atoms with Crippen molar-refractivity contribution in [3.05, 3.63) is 48.6 Å². The number of aliphatic hydroxyl groups is 1. The molecule has 0 fully saturated rings. The number of ether oxygens (including phenoxy) is 1. The summed E-state index contributed by atoms with van der Waals surface area (Å²) in [7, 11) is 0. The molecule has 1 aromatic heterocycles. The molecule has 0 aliphatic rings. The molecule has 172 valence electrons. The molecular formula is C25H39N3O3. The third-order valence-corrected chi connectivity index (χ3v) is 5.28. The Morgan fingerprint density at radius 1 is 1.19 bits per heavy atom. The normalized spacial score (nSPS) is 12.5. The largest absolute Gasteiger partial charge is 0.389 e. The second-order valence-corrected chi connectivity index (χ2v) is 8.25. The molecule has 1 atom stereocenters. The van der Waals surface area contributed by atoms with Crippen molar-refractivity contribution in [3.8, 4) is 11.3 Å². The average molecular weight is 430 g/mol. The number of anilines is 1. The van der Waals surface area contributed by atoms with E-state index in [1.54, 1.807) is 6.08 Å². The van der Waals surface area contributed by atoms with Gasteiger partial charge in [0.15, 0.2) is 0 Å². The minimum Gasteiger partial charge on any atom is -0.389 e. The van der Waals surface area contributed by atoms with Crippen LogP contribution in [0.1, 0.15) is 39.7 Å². The van der Waals surface area contributed by atoms with Gasteiger partial charge in [-0.05, 0) is 32.7 Å². The highest BCUT2D eigenvalue weighted by molar-refractivity contribution is 5.68. The summed E-state index contributed by atoms with van der Waals surface area (Å²) >= 11 is 0. The molecule has 0 saturated carbocycles. The summed E-state index contributed by atoms with van der Waals surface area (Å²) in [4.78, 5) is 4.48. The molecule has 0 aliphatic carbocycles. The van der Waals surface area contributed by atoms with Gasteiger partial charge in [0, 0.05) is 31.7 Å². The highest BCUT2D eigenvalue weighted by atomic mass is 16.5. The molecule has 0 radical (unpaired) electrons. The summed E-state index contributed by atoms with van der Waals surface area (Å²) in [6.07, 6.45) is 2.18. The predicted octanol–water partition coefficient (Wildman–Crippen LogP) is 4.60. The lowest BCUT2D eigenvalue weighted by molar-refractivity contribution is 0.0237. The number of hydrogen-bond donors (Lipinski definition) is 1. The first-order chi connectivity index (χ1) is 15.0. The summed E-state index contributed by atoms with van der Waals surface area (Å²) in [6.45, 7) is 16.8. The zero-order valence-electron chi connectivity index (χ0n) is 19.6. The molecule has 6 heteroatoms. The van der Waals surface area contributed by atoms with Crippen LogP contribution in [0.15, 0.2) is 47.5 Å². The van der Waals surface area contributed by atoms with E-state index in [1.807, 2.05) is 18.2 Å². The quantitative estimate of drug-likeness (QED) is 0.330. The van der Waals surface area contributed by atoms with Crippen LogP contribution in [0.25, 0.3) is 11.3 Å². The number of aliphatic hydroxyl groups excluding tert-OH is 1. The van der Waals surface area contributed by atoms with Gasteiger partial charge in [-0.3, -0.25) is 4.90 Å². The van der Waals surface area contributed by atoms with Crippen molar-refractivity contribution in [2.24, 2.45) is 5.92 Å². The molecule has 0 unspecified atom stereocenters. The van der Waals surface area contributed by atoms with Crippen LogP contribution in [0.3, 0.4) is 0 Å². The van der Waals surface area contributed by atoms with Crippen LogP contribution in [0.4, 0.5) is 5.88 Å². The van der Waals surface area contributed by atoms with Crippen molar-refractivity contribution in [1.82, 2.24) is 10.1 Å². The molecule has 0 amide bonds. The fraction of sp³-hybridized carbons (Fsp3) is 0.560. The Balaban J connectivity index is 2.31. The number of benzene rings is 1. The number of hydrogen-bond acceptors (Lipinski definition) is 6. The van der Waals surface area contributed by atoms with Crippen LogP contribution in [0.2, 0.25) is 0 Å². The summed E-state index contributed by atoms with van der Waals surface area (Å²) < 4.78 is 11.3. The molecule has 0 aliphatic heterocycles. The van der Waals surface area contributed by atoms with Crippen molar-refractivity contribution in [1.29, 1.82) is 0 Å². The van der Waals surface area contributed by atoms with Gasteiger partial charge in [0.1, 0.15) is 5.69 Å². The average Bonchev–Trinajstić information content (AvgIpc) is 3.17. The molecule has 2 aromatic rings. The van der Waals surface area contributed by atoms with Gasteiger partial charge >= 0.3 is 0 Å². The Labute approximate surface area is 187 Å². The Morgan fingerprint density at radius 2 is 1.90 bits per heavy atom. The lowest BCUT2D eigenvalue weighted by Crippen LogP contribution is -2.36. The Kier molecular flexibility index (Phi) is 10.8. The highest BCUT2D eigenvalue weighted by Crippen LogP contribution is 2.32. The van der Waals surface area contributed by atoms with E-state index in [1.165, 1.54) is 0 Å². The smallest absolute Gasteiger partial charge is 0.232 e. The van der Waals surface area contributed by atoms with Crippen molar-refractivity contribution >= 4 is 5.88 Å². The minimum absolute atomic E-state index is 0.294. The van der Waals surface area contributed by atoms with Gasteiger partial charge in [0.2, 0.25) is 5.88 Å². The summed E-state index contributed by atoms with van der Waals surface area (Å²) in [6, 6.07) is 10.2. The maximum Gasteiger partial charge on any atom is 0.232 e. The van der Waals surface area contributed by atoms with E-state index >= 15 is 0 Å². The molecule has 0 saturated heterocycles. The molecule has 1 heterocycles. The molecule has 0 spiro atoms. The fourth-order valence-corrected chi connectivity index (χ4v) is 3.56. The first-order valence-electron chi connectivity index (χ1n) is 11.4. The van der Waals surface area contributed by atoms with E-state index in [9.17, 15) is 5.11 Å². The summed E-state index contributed by atoms with van der Waals surface area (Å²) in [5, 5.41) is 15.0. The van der Waals surface area contributed by atoms with Gasteiger partial charge in [-0.1, -0.05) is 55.4 Å². The van der Waals surface area contributed by atoms with Crippen molar-refractivity contribution in [2.75, 3.05) is 44.3 Å². The Hall–Kier alpha value is -2.15. The topological polar surface area (TPSA) is 62.0 Å². The van der Waals surface area contributed by atoms with E-state index in [0.29, 0.717) is 32.2 Å². The third kappa shape index (κ3) is 7.80. The Bertz CT molecular complexity index is 757. The summed E-state index contributed by atoms with van der Waals surface area (Å²) in [5.74, 6) is 1.39. The fourth-order valence-electron chi connectivity index (χ4n) is 3.56. The molecule has 1 N–H and O–H groups in total. The molecular weight excluding hydrogens is 390 g/mol. The van der Waals surface area contributed by atoms with Crippen molar-refractivity contribution in [3.63, 3.8) is 0 Å². The Morgan fingerprint density at radius 3 is 2.52 bits per heavy atom. The molecule has 31 heavy (non-hydrogen) atoms. The van der Waals surface area contributed by atoms with E-state index in [-0.39, 0.29) is 0 Å². The second-order valence-electron chi connectivity index (χ2n) is 8.25. The first kappa shape index (κ1) is 25.1. The van der Waals surface area contributed by atoms with Crippen molar-refractivity contribution in [2.45, 2.75) is 46.8 Å². The van der Waals surface area contributed by atoms with E-state index in [4.69, 9.17) is 9.26 Å². The standard InChI is InChI=1S/C25H39N3O3/c1-6-16-30-19-22(29)17-27(15-14-20(4)5)18-23-24(21-12-10-9-11-13-21)26-31-25(23)28(7-2)8-3/h6,9-13,20,22,29H,1,7-8,14-19H2,2-5H3/t22-/m0/s1. The SMILES string of the molecule is C=CCOC[C@@H](O)CN(CCC(C)C)Cc1c(-c2ccccc2)noc1N(CC)CC. The maximum absolute atomic E-state index is 10.5. The monoisotopic (exact) mass is 429 g/mol. The minimum atomic E-state index is -0.566. The number of aromatic nitrogens is 1. The molecule has 2 rings (SSSR count). The van der Waals surface area contributed by atoms with Gasteiger partial charge in [0.05, 0.1) is 24.9 Å². The van der Waals surface area contributed by atoms with Gasteiger partial charge < -0.3 is 19.3 Å². The van der Waals surface area contributed by atoms with Crippen molar-refractivity contribution < 1.29 is 14.4 Å². The van der Waals surface area contributed by atoms with Gasteiger partial charge in [-0.15, -0.1) is 6.58 Å². The van der Waals surface area contributed by atoms with Crippen LogP contribution < -0.4 is 4.90 Å². The van der Waals surface area contributed by atoms with Gasteiger partial charge in [-0.25, -0.2) is 0 Å². The highest BCUT2D eigenvalue weighted by Gasteiger charge is 2.24. The predicted molar refractivity (Wildman–Crippen MR) is 127 cm³/mol. The van der Waals surface area contributed by atoms with E-state index in [0.717, 1.165) is 48.8 Å². The zero-order chi connectivity index (χ0) is 22.6. The van der Waals surface area contributed by atoms with Gasteiger partial charge in [-0.2, -0.15) is 0 Å². The van der Waals surface area contributed by atoms with Crippen LogP contribution in [0.5, 0.6) is 0 Å². The van der Waals surface area contributed by atoms with Crippen LogP contribution >= 0.6 is 0 Å². The number of nitrogens with zero attached hydrogens (tertiary/aromatic N) is 3. The van der Waals surface area contributed by atoms with Gasteiger partial charge in [0.25, 0.3) is 0 Å². The van der Waals surface area contributed by atoms with E-state index in [2.05, 4.69) is 61.4 Å². The number of rotatable bonds is 15. The zero-order valence-corrected chi connectivity index (χ0v) is 19.6. The first-order valence-corrected chi connectivity index (χ1v) is 11.4. The third-order valence-electron chi connectivity index (χ3n) is 5.28. The lowest BCUT2D eigenvalue weighted by atomic mass is 10.1. The molecule has 1 aromatic carbocycles. The van der Waals surface area contributed by atoms with E-state index < -0.39 is 6.10 Å². The van der Waals surface area contributed by atoms with Crippen LogP contribution in [-0.4, -0.2) is 60.7 Å². The lowest BCUT2D eigenvalue weighted by Gasteiger charge is -2.27. The van der Waals surface area contributed by atoms with Crippen LogP contribution in [0, 0.1) is 5.92 Å². The maximum atomic E-state index is 10.5. The molecule has 0 bridgehead atoms.